The van der Waals surface area contributed by atoms with Crippen molar-refractivity contribution in [3.8, 4) is 0 Å². The standard InChI is InChI=1S/C14H23N5/c1-9-8-18(3)6-7-19(9)14-10(2)12(15)16-13(17-14)11-4-5-11/h9,11H,4-8H2,1-3H3,(H2,15,16,17). The topological polar surface area (TPSA) is 58.3 Å². The number of anilines is 2. The van der Waals surface area contributed by atoms with Crippen molar-refractivity contribution >= 4 is 11.6 Å². The quantitative estimate of drug-likeness (QED) is 0.871. The van der Waals surface area contributed by atoms with E-state index in [2.05, 4.69) is 28.8 Å². The number of rotatable bonds is 2. The molecule has 2 fully saturated rings. The molecule has 2 N–H and O–H groups in total. The number of piperazine rings is 1. The van der Waals surface area contributed by atoms with Crippen LogP contribution in [0.25, 0.3) is 0 Å². The van der Waals surface area contributed by atoms with E-state index < -0.39 is 0 Å². The van der Waals surface area contributed by atoms with Crippen LogP contribution >= 0.6 is 0 Å². The van der Waals surface area contributed by atoms with Gasteiger partial charge in [-0.2, -0.15) is 0 Å². The van der Waals surface area contributed by atoms with Crippen LogP contribution in [0.1, 0.15) is 37.1 Å². The number of nitrogens with zero attached hydrogens (tertiary/aromatic N) is 4. The Hall–Kier alpha value is -1.36. The van der Waals surface area contributed by atoms with Gasteiger partial charge in [-0.15, -0.1) is 0 Å². The molecule has 1 aromatic heterocycles. The summed E-state index contributed by atoms with van der Waals surface area (Å²) in [6.45, 7) is 7.45. The van der Waals surface area contributed by atoms with Crippen molar-refractivity contribution in [2.45, 2.75) is 38.6 Å². The minimum absolute atomic E-state index is 0.471. The molecule has 2 heterocycles. The molecule has 104 valence electrons. The molecule has 1 saturated heterocycles. The molecule has 5 heteroatoms. The minimum Gasteiger partial charge on any atom is -0.383 e. The van der Waals surface area contributed by atoms with Crippen LogP contribution in [0.3, 0.4) is 0 Å². The fraction of sp³-hybridized carbons (Fsp3) is 0.714. The van der Waals surface area contributed by atoms with Crippen molar-refractivity contribution in [2.75, 3.05) is 37.3 Å². The summed E-state index contributed by atoms with van der Waals surface area (Å²) >= 11 is 0. The molecule has 1 unspecified atom stereocenters. The monoisotopic (exact) mass is 261 g/mol. The Morgan fingerprint density at radius 2 is 1.95 bits per heavy atom. The lowest BCUT2D eigenvalue weighted by atomic mass is 10.1. The number of nitrogen functional groups attached to an aromatic ring is 1. The van der Waals surface area contributed by atoms with E-state index in [0.717, 1.165) is 36.8 Å². The summed E-state index contributed by atoms with van der Waals surface area (Å²) in [6, 6.07) is 0.471. The van der Waals surface area contributed by atoms with Crippen molar-refractivity contribution in [1.29, 1.82) is 0 Å². The highest BCUT2D eigenvalue weighted by Crippen LogP contribution is 2.40. The van der Waals surface area contributed by atoms with Gasteiger partial charge in [0, 0.05) is 37.2 Å². The highest BCUT2D eigenvalue weighted by Gasteiger charge is 2.30. The van der Waals surface area contributed by atoms with Crippen LogP contribution in [-0.2, 0) is 0 Å². The molecule has 1 saturated carbocycles. The maximum Gasteiger partial charge on any atom is 0.137 e. The number of hydrogen-bond donors (Lipinski definition) is 1. The highest BCUT2D eigenvalue weighted by molar-refractivity contribution is 5.57. The molecule has 19 heavy (non-hydrogen) atoms. The van der Waals surface area contributed by atoms with Crippen LogP contribution in [0, 0.1) is 6.92 Å². The van der Waals surface area contributed by atoms with Crippen LogP contribution in [0.2, 0.25) is 0 Å². The molecule has 1 aliphatic heterocycles. The van der Waals surface area contributed by atoms with Gasteiger partial charge in [0.15, 0.2) is 0 Å². The number of nitrogens with two attached hydrogens (primary N) is 1. The first-order chi connectivity index (χ1) is 9.06. The zero-order valence-electron chi connectivity index (χ0n) is 12.1. The molecule has 0 amide bonds. The van der Waals surface area contributed by atoms with Gasteiger partial charge in [-0.3, -0.25) is 0 Å². The van der Waals surface area contributed by atoms with Crippen LogP contribution in [-0.4, -0.2) is 47.6 Å². The smallest absolute Gasteiger partial charge is 0.137 e. The Bertz CT molecular complexity index is 483. The van der Waals surface area contributed by atoms with E-state index in [1.54, 1.807) is 0 Å². The third kappa shape index (κ3) is 2.39. The van der Waals surface area contributed by atoms with E-state index in [9.17, 15) is 0 Å². The Kier molecular flexibility index (Phi) is 3.09. The van der Waals surface area contributed by atoms with Crippen molar-refractivity contribution < 1.29 is 0 Å². The minimum atomic E-state index is 0.471. The maximum atomic E-state index is 6.08. The molecule has 1 atom stereocenters. The van der Waals surface area contributed by atoms with E-state index >= 15 is 0 Å². The van der Waals surface area contributed by atoms with Gasteiger partial charge in [0.25, 0.3) is 0 Å². The van der Waals surface area contributed by atoms with Crippen molar-refractivity contribution in [3.05, 3.63) is 11.4 Å². The molecule has 0 radical (unpaired) electrons. The number of likely N-dealkylation sites (N-methyl/N-ethyl adjacent to an activating group) is 1. The summed E-state index contributed by atoms with van der Waals surface area (Å²) in [6.07, 6.45) is 2.42. The molecule has 1 aromatic rings. The first-order valence-corrected chi connectivity index (χ1v) is 7.15. The summed E-state index contributed by atoms with van der Waals surface area (Å²) in [7, 11) is 2.17. The Morgan fingerprint density at radius 1 is 1.21 bits per heavy atom. The summed E-state index contributed by atoms with van der Waals surface area (Å²) < 4.78 is 0. The average molecular weight is 261 g/mol. The molecule has 0 bridgehead atoms. The molecule has 2 aliphatic rings. The lowest BCUT2D eigenvalue weighted by Gasteiger charge is -2.39. The lowest BCUT2D eigenvalue weighted by Crippen LogP contribution is -2.51. The van der Waals surface area contributed by atoms with Crippen LogP contribution in [0.15, 0.2) is 0 Å². The van der Waals surface area contributed by atoms with Gasteiger partial charge in [-0.05, 0) is 33.7 Å². The van der Waals surface area contributed by atoms with E-state index in [0.29, 0.717) is 17.8 Å². The largest absolute Gasteiger partial charge is 0.383 e. The second-order valence-corrected chi connectivity index (χ2v) is 5.99. The summed E-state index contributed by atoms with van der Waals surface area (Å²) in [5.41, 5.74) is 7.11. The van der Waals surface area contributed by atoms with E-state index in [4.69, 9.17) is 10.7 Å². The molecular weight excluding hydrogens is 238 g/mol. The first kappa shape index (κ1) is 12.7. The molecule has 3 rings (SSSR count). The molecule has 5 nitrogen and oxygen atoms in total. The van der Waals surface area contributed by atoms with Crippen LogP contribution < -0.4 is 10.6 Å². The molecule has 1 aliphatic carbocycles. The van der Waals surface area contributed by atoms with Gasteiger partial charge in [0.1, 0.15) is 17.5 Å². The zero-order valence-corrected chi connectivity index (χ0v) is 12.1. The van der Waals surface area contributed by atoms with Crippen molar-refractivity contribution in [3.63, 3.8) is 0 Å². The van der Waals surface area contributed by atoms with Gasteiger partial charge in [-0.25, -0.2) is 9.97 Å². The SMILES string of the molecule is Cc1c(N)nc(C2CC2)nc1N1CCN(C)CC1C. The van der Waals surface area contributed by atoms with Crippen molar-refractivity contribution in [1.82, 2.24) is 14.9 Å². The fourth-order valence-electron chi connectivity index (χ4n) is 2.80. The number of hydrogen-bond acceptors (Lipinski definition) is 5. The Balaban J connectivity index is 1.94. The summed E-state index contributed by atoms with van der Waals surface area (Å²) in [5.74, 6) is 3.20. The summed E-state index contributed by atoms with van der Waals surface area (Å²) in [5, 5.41) is 0. The lowest BCUT2D eigenvalue weighted by molar-refractivity contribution is 0.274. The first-order valence-electron chi connectivity index (χ1n) is 7.15. The predicted octanol–water partition coefficient (Wildman–Crippen LogP) is 1.38. The predicted molar refractivity (Wildman–Crippen MR) is 77.5 cm³/mol. The number of aromatic nitrogens is 2. The maximum absolute atomic E-state index is 6.08. The van der Waals surface area contributed by atoms with Crippen molar-refractivity contribution in [2.24, 2.45) is 0 Å². The fourth-order valence-corrected chi connectivity index (χ4v) is 2.80. The van der Waals surface area contributed by atoms with Gasteiger partial charge < -0.3 is 15.5 Å². The van der Waals surface area contributed by atoms with Gasteiger partial charge in [0.05, 0.1) is 0 Å². The average Bonchev–Trinajstić information content (AvgIpc) is 3.17. The van der Waals surface area contributed by atoms with E-state index in [1.807, 2.05) is 6.92 Å². The Morgan fingerprint density at radius 3 is 2.58 bits per heavy atom. The van der Waals surface area contributed by atoms with E-state index in [1.165, 1.54) is 12.8 Å². The van der Waals surface area contributed by atoms with E-state index in [-0.39, 0.29) is 0 Å². The van der Waals surface area contributed by atoms with Crippen LogP contribution in [0.4, 0.5) is 11.6 Å². The normalized spacial score (nSPS) is 24.8. The second-order valence-electron chi connectivity index (χ2n) is 5.99. The zero-order chi connectivity index (χ0) is 13.6. The summed E-state index contributed by atoms with van der Waals surface area (Å²) in [4.78, 5) is 14.0. The third-order valence-corrected chi connectivity index (χ3v) is 4.22. The van der Waals surface area contributed by atoms with Gasteiger partial charge in [-0.1, -0.05) is 0 Å². The second kappa shape index (κ2) is 4.63. The van der Waals surface area contributed by atoms with Crippen LogP contribution in [0.5, 0.6) is 0 Å². The third-order valence-electron chi connectivity index (χ3n) is 4.22. The van der Waals surface area contributed by atoms with Gasteiger partial charge in [0.2, 0.25) is 0 Å². The molecule has 0 aromatic carbocycles. The van der Waals surface area contributed by atoms with Gasteiger partial charge >= 0.3 is 0 Å². The highest BCUT2D eigenvalue weighted by atomic mass is 15.3. The molecule has 0 spiro atoms. The Labute approximate surface area is 114 Å². The molecular formula is C14H23N5.